The Kier molecular flexibility index (Phi) is 5.27. The monoisotopic (exact) mass is 390 g/mol. The first-order chi connectivity index (χ1) is 11.4. The van der Waals surface area contributed by atoms with E-state index >= 15 is 0 Å². The largest absolute Gasteiger partial charge is 0.419 e. The van der Waals surface area contributed by atoms with Crippen LogP contribution in [0.2, 0.25) is 5.02 Å². The summed E-state index contributed by atoms with van der Waals surface area (Å²) < 4.78 is 81.0. The predicted octanol–water partition coefficient (Wildman–Crippen LogP) is 3.56. The number of nitrogens with one attached hydrogen (secondary N) is 1. The fourth-order valence-corrected chi connectivity index (χ4v) is 2.57. The Labute approximate surface area is 143 Å². The molecule has 1 aromatic rings. The summed E-state index contributed by atoms with van der Waals surface area (Å²) in [4.78, 5) is 13.0. The van der Waals surface area contributed by atoms with Crippen molar-refractivity contribution in [2.24, 2.45) is 0 Å². The van der Waals surface area contributed by atoms with Gasteiger partial charge in [-0.2, -0.15) is 26.3 Å². The van der Waals surface area contributed by atoms with Crippen LogP contribution in [0.5, 0.6) is 0 Å². The van der Waals surface area contributed by atoms with E-state index in [-0.39, 0.29) is 10.7 Å². The molecule has 0 saturated carbocycles. The van der Waals surface area contributed by atoms with E-state index in [0.29, 0.717) is 6.07 Å². The molecule has 1 aliphatic rings. The lowest BCUT2D eigenvalue weighted by atomic mass is 9.93. The Morgan fingerprint density at radius 1 is 1.28 bits per heavy atom. The lowest BCUT2D eigenvalue weighted by Gasteiger charge is -2.49. The van der Waals surface area contributed by atoms with Crippen molar-refractivity contribution in [3.8, 4) is 0 Å². The van der Waals surface area contributed by atoms with Crippen molar-refractivity contribution >= 4 is 23.2 Å². The van der Waals surface area contributed by atoms with Gasteiger partial charge in [0.1, 0.15) is 0 Å². The second kappa shape index (κ2) is 6.65. The molecule has 11 heteroatoms. The van der Waals surface area contributed by atoms with Gasteiger partial charge in [0.05, 0.1) is 22.8 Å². The molecule has 0 spiro atoms. The summed E-state index contributed by atoms with van der Waals surface area (Å²) in [5.41, 5.74) is -3.61. The van der Waals surface area contributed by atoms with Crippen LogP contribution in [0.3, 0.4) is 0 Å². The van der Waals surface area contributed by atoms with Gasteiger partial charge >= 0.3 is 12.4 Å². The van der Waals surface area contributed by atoms with Crippen LogP contribution in [0.1, 0.15) is 5.56 Å². The molecule has 1 amide bonds. The van der Waals surface area contributed by atoms with E-state index in [9.17, 15) is 31.1 Å². The molecule has 1 fully saturated rings. The number of carbonyl (C=O) groups excluding carboxylic acids is 1. The number of ether oxygens (including phenoxy) is 1. The number of likely N-dealkylation sites (tertiary alicyclic amines) is 1. The van der Waals surface area contributed by atoms with Gasteiger partial charge in [-0.05, 0) is 18.2 Å². The zero-order valence-corrected chi connectivity index (χ0v) is 13.5. The number of carbonyl (C=O) groups is 1. The summed E-state index contributed by atoms with van der Waals surface area (Å²) in [7, 11) is 0.924. The fourth-order valence-electron chi connectivity index (χ4n) is 2.40. The smallest absolute Gasteiger partial charge is 0.366 e. The molecule has 0 aliphatic carbocycles. The van der Waals surface area contributed by atoms with Crippen molar-refractivity contribution in [2.75, 3.05) is 32.1 Å². The van der Waals surface area contributed by atoms with E-state index in [1.807, 2.05) is 0 Å². The van der Waals surface area contributed by atoms with Crippen LogP contribution in [-0.2, 0) is 15.7 Å². The number of halogens is 7. The molecule has 1 saturated heterocycles. The van der Waals surface area contributed by atoms with Crippen LogP contribution in [0.15, 0.2) is 18.2 Å². The molecule has 0 aromatic heterocycles. The molecule has 1 N–H and O–H groups in total. The third-order valence-electron chi connectivity index (χ3n) is 3.80. The number of hydrogen-bond donors (Lipinski definition) is 1. The quantitative estimate of drug-likeness (QED) is 0.799. The molecule has 4 nitrogen and oxygen atoms in total. The highest BCUT2D eigenvalue weighted by Crippen LogP contribution is 2.40. The van der Waals surface area contributed by atoms with Crippen LogP contribution in [-0.4, -0.2) is 49.3 Å². The normalized spacial score (nSPS) is 17.9. The molecule has 0 unspecified atom stereocenters. The first-order valence-corrected chi connectivity index (χ1v) is 7.26. The van der Waals surface area contributed by atoms with Gasteiger partial charge in [-0.15, -0.1) is 0 Å². The van der Waals surface area contributed by atoms with Crippen LogP contribution >= 0.6 is 11.6 Å². The van der Waals surface area contributed by atoms with Gasteiger partial charge in [-0.3, -0.25) is 9.69 Å². The molecule has 1 heterocycles. The highest BCUT2D eigenvalue weighted by atomic mass is 35.5. The number of alkyl halides is 6. The maximum atomic E-state index is 12.8. The van der Waals surface area contributed by atoms with Crippen molar-refractivity contribution in [2.45, 2.75) is 18.0 Å². The minimum absolute atomic E-state index is 0.119. The maximum absolute atomic E-state index is 12.8. The summed E-state index contributed by atoms with van der Waals surface area (Å²) in [6, 6.07) is 2.39. The second-order valence-corrected chi connectivity index (χ2v) is 5.99. The molecular weight excluding hydrogens is 378 g/mol. The molecule has 1 aliphatic heterocycles. The summed E-state index contributed by atoms with van der Waals surface area (Å²) in [6.07, 6.45) is -9.20. The van der Waals surface area contributed by atoms with Crippen LogP contribution in [0, 0.1) is 0 Å². The number of nitrogens with zero attached hydrogens (tertiary/aromatic N) is 1. The number of methoxy groups -OCH3 is 1. The highest BCUT2D eigenvalue weighted by Gasteiger charge is 2.62. The number of benzene rings is 1. The fraction of sp³-hybridized carbons (Fsp3) is 0.500. The Morgan fingerprint density at radius 3 is 2.36 bits per heavy atom. The molecule has 140 valence electrons. The molecular formula is C14H13ClF6N2O2. The minimum Gasteiger partial charge on any atom is -0.366 e. The van der Waals surface area contributed by atoms with Gasteiger partial charge in [0.15, 0.2) is 5.60 Å². The van der Waals surface area contributed by atoms with Crippen molar-refractivity contribution in [3.63, 3.8) is 0 Å². The molecule has 0 radical (unpaired) electrons. The Balaban J connectivity index is 1.99. The minimum atomic E-state index is -4.62. The number of hydrogen-bond acceptors (Lipinski definition) is 3. The van der Waals surface area contributed by atoms with Gasteiger partial charge in [0.25, 0.3) is 0 Å². The second-order valence-electron chi connectivity index (χ2n) is 5.58. The van der Waals surface area contributed by atoms with Gasteiger partial charge < -0.3 is 10.1 Å². The maximum Gasteiger partial charge on any atom is 0.419 e. The third kappa shape index (κ3) is 4.18. The van der Waals surface area contributed by atoms with Crippen molar-refractivity contribution in [1.29, 1.82) is 0 Å². The van der Waals surface area contributed by atoms with E-state index in [1.54, 1.807) is 0 Å². The van der Waals surface area contributed by atoms with E-state index in [4.69, 9.17) is 11.6 Å². The topological polar surface area (TPSA) is 41.6 Å². The molecule has 1 aromatic carbocycles. The Hall–Kier alpha value is -1.52. The Morgan fingerprint density at radius 2 is 1.88 bits per heavy atom. The van der Waals surface area contributed by atoms with Crippen molar-refractivity contribution in [1.82, 2.24) is 4.90 Å². The first-order valence-electron chi connectivity index (χ1n) is 6.89. The molecule has 0 atom stereocenters. The van der Waals surface area contributed by atoms with Crippen molar-refractivity contribution in [3.05, 3.63) is 28.8 Å². The van der Waals surface area contributed by atoms with Gasteiger partial charge in [0.2, 0.25) is 5.91 Å². The molecule has 2 rings (SSSR count). The van der Waals surface area contributed by atoms with Gasteiger partial charge in [0, 0.05) is 20.2 Å². The molecule has 0 bridgehead atoms. The van der Waals surface area contributed by atoms with E-state index in [1.165, 1.54) is 0 Å². The van der Waals surface area contributed by atoms with Gasteiger partial charge in [-0.25, -0.2) is 0 Å². The van der Waals surface area contributed by atoms with Crippen molar-refractivity contribution < 1.29 is 35.9 Å². The number of rotatable bonds is 4. The number of amides is 1. The van der Waals surface area contributed by atoms with Crippen LogP contribution in [0.4, 0.5) is 32.0 Å². The lowest BCUT2D eigenvalue weighted by Crippen LogP contribution is -2.70. The highest BCUT2D eigenvalue weighted by molar-refractivity contribution is 6.33. The SMILES string of the molecule is COC1(C(F)(F)F)CN(CC(=O)Nc2cc(C(F)(F)F)ccc2Cl)C1. The molecule has 25 heavy (non-hydrogen) atoms. The lowest BCUT2D eigenvalue weighted by molar-refractivity contribution is -0.309. The predicted molar refractivity (Wildman–Crippen MR) is 77.3 cm³/mol. The zero-order valence-electron chi connectivity index (χ0n) is 12.8. The average molecular weight is 391 g/mol. The summed E-state index contributed by atoms with van der Waals surface area (Å²) in [5, 5.41) is 2.05. The standard InChI is InChI=1S/C14H13ClF6N2O2/c1-25-12(14(19,20)21)6-23(7-12)5-11(24)22-10-4-8(13(16,17)18)2-3-9(10)15/h2-4H,5-7H2,1H3,(H,22,24). The summed E-state index contributed by atoms with van der Waals surface area (Å²) in [6.45, 7) is -1.53. The van der Waals surface area contributed by atoms with Crippen LogP contribution < -0.4 is 5.32 Å². The zero-order chi connectivity index (χ0) is 19.0. The summed E-state index contributed by atoms with van der Waals surface area (Å²) >= 11 is 5.74. The summed E-state index contributed by atoms with van der Waals surface area (Å²) in [5.74, 6) is -0.784. The Bertz CT molecular complexity index is 656. The van der Waals surface area contributed by atoms with E-state index < -0.39 is 49.1 Å². The van der Waals surface area contributed by atoms with Gasteiger partial charge in [-0.1, -0.05) is 11.6 Å². The third-order valence-corrected chi connectivity index (χ3v) is 4.13. The first kappa shape index (κ1) is 19.8. The van der Waals surface area contributed by atoms with E-state index in [0.717, 1.165) is 24.1 Å². The number of anilines is 1. The average Bonchev–Trinajstić information content (AvgIpc) is 2.42. The van der Waals surface area contributed by atoms with E-state index in [2.05, 4.69) is 10.1 Å². The van der Waals surface area contributed by atoms with Crippen LogP contribution in [0.25, 0.3) is 0 Å².